The molecule has 0 aliphatic carbocycles. The minimum Gasteiger partial charge on any atom is -0.497 e. The van der Waals surface area contributed by atoms with E-state index in [0.717, 1.165) is 51.3 Å². The van der Waals surface area contributed by atoms with Gasteiger partial charge in [-0.2, -0.15) is 14.7 Å². The van der Waals surface area contributed by atoms with Crippen molar-refractivity contribution in [3.05, 3.63) is 76.6 Å². The van der Waals surface area contributed by atoms with E-state index in [1.807, 2.05) is 51.7 Å². The Labute approximate surface area is 184 Å². The van der Waals surface area contributed by atoms with Crippen LogP contribution in [0.25, 0.3) is 22.0 Å². The quantitative estimate of drug-likeness (QED) is 0.398. The van der Waals surface area contributed by atoms with Gasteiger partial charge < -0.3 is 4.74 Å². The topological polar surface area (TPSA) is 70.1 Å². The molecule has 0 amide bonds. The number of fused-ring (bicyclic) bond motifs is 1. The second kappa shape index (κ2) is 7.96. The smallest absolute Gasteiger partial charge is 0.234 e. The summed E-state index contributed by atoms with van der Waals surface area (Å²) in [5.41, 5.74) is 5.50. The highest BCUT2D eigenvalue weighted by Gasteiger charge is 2.16. The second-order valence-electron chi connectivity index (χ2n) is 7.34. The summed E-state index contributed by atoms with van der Waals surface area (Å²) in [6, 6.07) is 18.0. The van der Waals surface area contributed by atoms with Crippen molar-refractivity contribution in [1.82, 2.24) is 29.6 Å². The van der Waals surface area contributed by atoms with E-state index in [0.29, 0.717) is 0 Å². The average molecular weight is 431 g/mol. The third-order valence-corrected chi connectivity index (χ3v) is 6.35. The monoisotopic (exact) mass is 430 g/mol. The molecule has 156 valence electrons. The van der Waals surface area contributed by atoms with Gasteiger partial charge in [0, 0.05) is 17.7 Å². The highest BCUT2D eigenvalue weighted by atomic mass is 32.1. The molecule has 0 N–H and O–H groups in total. The number of benzene rings is 2. The summed E-state index contributed by atoms with van der Waals surface area (Å²) in [7, 11) is 1.66. The molecule has 0 aliphatic rings. The molecular formula is C23H22N6OS. The SMILES string of the molecule is COc1cccc(-c2nnc3sc(CCc4c(C)nn(-c5ccccc5)c4C)nn23)c1. The van der Waals surface area contributed by atoms with Gasteiger partial charge in [0.15, 0.2) is 5.82 Å². The second-order valence-corrected chi connectivity index (χ2v) is 8.38. The maximum atomic E-state index is 5.33. The van der Waals surface area contributed by atoms with Gasteiger partial charge in [-0.1, -0.05) is 41.7 Å². The Kier molecular flexibility index (Phi) is 4.99. The number of rotatable bonds is 6. The maximum absolute atomic E-state index is 5.33. The van der Waals surface area contributed by atoms with Crippen molar-refractivity contribution in [2.24, 2.45) is 0 Å². The summed E-state index contributed by atoms with van der Waals surface area (Å²) in [5.74, 6) is 1.51. The van der Waals surface area contributed by atoms with Crippen LogP contribution in [0.2, 0.25) is 0 Å². The molecule has 0 atom stereocenters. The maximum Gasteiger partial charge on any atom is 0.234 e. The molecule has 0 aliphatic heterocycles. The minimum absolute atomic E-state index is 0.723. The van der Waals surface area contributed by atoms with Crippen molar-refractivity contribution in [3.8, 4) is 22.8 Å². The van der Waals surface area contributed by atoms with Gasteiger partial charge in [0.05, 0.1) is 18.5 Å². The Morgan fingerprint density at radius 3 is 2.58 bits per heavy atom. The number of aryl methyl sites for hydroxylation is 2. The van der Waals surface area contributed by atoms with E-state index in [1.165, 1.54) is 11.3 Å². The Bertz CT molecular complexity index is 1350. The van der Waals surface area contributed by atoms with E-state index in [2.05, 4.69) is 36.2 Å². The van der Waals surface area contributed by atoms with Crippen LogP contribution in [0.1, 0.15) is 22.0 Å². The van der Waals surface area contributed by atoms with Crippen molar-refractivity contribution >= 4 is 16.3 Å². The number of ether oxygens (including phenoxy) is 1. The zero-order valence-electron chi connectivity index (χ0n) is 17.6. The number of methoxy groups -OCH3 is 1. The molecule has 3 aromatic heterocycles. The number of nitrogens with zero attached hydrogens (tertiary/aromatic N) is 6. The first kappa shape index (κ1) is 19.4. The van der Waals surface area contributed by atoms with Crippen LogP contribution in [0.5, 0.6) is 5.75 Å². The predicted molar refractivity (Wildman–Crippen MR) is 121 cm³/mol. The first-order chi connectivity index (χ1) is 15.1. The lowest BCUT2D eigenvalue weighted by Gasteiger charge is -2.05. The van der Waals surface area contributed by atoms with E-state index < -0.39 is 0 Å². The average Bonchev–Trinajstić information content (AvgIpc) is 3.46. The van der Waals surface area contributed by atoms with E-state index in [1.54, 1.807) is 18.4 Å². The van der Waals surface area contributed by atoms with Crippen LogP contribution >= 0.6 is 11.3 Å². The molecule has 5 rings (SSSR count). The van der Waals surface area contributed by atoms with Gasteiger partial charge in [0.25, 0.3) is 0 Å². The van der Waals surface area contributed by atoms with Gasteiger partial charge in [0.1, 0.15) is 10.8 Å². The van der Waals surface area contributed by atoms with Crippen LogP contribution in [0, 0.1) is 13.8 Å². The highest BCUT2D eigenvalue weighted by Crippen LogP contribution is 2.26. The van der Waals surface area contributed by atoms with Gasteiger partial charge in [-0.3, -0.25) is 0 Å². The van der Waals surface area contributed by atoms with Crippen LogP contribution in [0.4, 0.5) is 0 Å². The molecule has 5 aromatic rings. The Morgan fingerprint density at radius 2 is 1.77 bits per heavy atom. The minimum atomic E-state index is 0.723. The third-order valence-electron chi connectivity index (χ3n) is 5.39. The molecule has 7 nitrogen and oxygen atoms in total. The van der Waals surface area contributed by atoms with E-state index in [4.69, 9.17) is 14.9 Å². The molecule has 0 radical (unpaired) electrons. The molecule has 0 fully saturated rings. The number of hydrogen-bond donors (Lipinski definition) is 0. The van der Waals surface area contributed by atoms with Crippen LogP contribution in [-0.4, -0.2) is 36.7 Å². The van der Waals surface area contributed by atoms with Crippen molar-refractivity contribution in [1.29, 1.82) is 0 Å². The lowest BCUT2D eigenvalue weighted by Crippen LogP contribution is -2.00. The van der Waals surface area contributed by atoms with E-state index in [-0.39, 0.29) is 0 Å². The summed E-state index contributed by atoms with van der Waals surface area (Å²) in [5, 5.41) is 19.2. The fourth-order valence-corrected chi connectivity index (χ4v) is 4.62. The van der Waals surface area contributed by atoms with Gasteiger partial charge in [-0.25, -0.2) is 4.68 Å². The molecule has 0 saturated heterocycles. The third kappa shape index (κ3) is 3.59. The van der Waals surface area contributed by atoms with Gasteiger partial charge in [0.2, 0.25) is 4.96 Å². The Balaban J connectivity index is 1.40. The standard InChI is InChI=1S/C23H22N6OS/c1-15-20(16(2)28(26-15)18-9-5-4-6-10-18)12-13-21-27-29-22(24-25-23(29)31-21)17-8-7-11-19(14-17)30-3/h4-11,14H,12-13H2,1-3H3. The van der Waals surface area contributed by atoms with Gasteiger partial charge in [-0.15, -0.1) is 10.2 Å². The van der Waals surface area contributed by atoms with Crippen LogP contribution < -0.4 is 4.74 Å². The Morgan fingerprint density at radius 1 is 0.935 bits per heavy atom. The van der Waals surface area contributed by atoms with Gasteiger partial charge >= 0.3 is 0 Å². The van der Waals surface area contributed by atoms with Gasteiger partial charge in [-0.05, 0) is 50.1 Å². The predicted octanol–water partition coefficient (Wildman–Crippen LogP) is 4.45. The van der Waals surface area contributed by atoms with Crippen LogP contribution in [0.3, 0.4) is 0 Å². The summed E-state index contributed by atoms with van der Waals surface area (Å²) in [6.45, 7) is 4.20. The normalized spacial score (nSPS) is 11.3. The number of aromatic nitrogens is 6. The fraction of sp³-hybridized carbons (Fsp3) is 0.217. The van der Waals surface area contributed by atoms with Crippen molar-refractivity contribution in [3.63, 3.8) is 0 Å². The molecule has 0 bridgehead atoms. The lowest BCUT2D eigenvalue weighted by atomic mass is 10.1. The summed E-state index contributed by atoms with van der Waals surface area (Å²) in [4.78, 5) is 0.793. The van der Waals surface area contributed by atoms with E-state index >= 15 is 0 Å². The number of para-hydroxylation sites is 1. The first-order valence-electron chi connectivity index (χ1n) is 10.1. The van der Waals surface area contributed by atoms with Crippen molar-refractivity contribution in [2.45, 2.75) is 26.7 Å². The summed E-state index contributed by atoms with van der Waals surface area (Å²) in [6.07, 6.45) is 1.71. The zero-order valence-corrected chi connectivity index (χ0v) is 18.4. The Hall–Kier alpha value is -3.52. The lowest BCUT2D eigenvalue weighted by molar-refractivity contribution is 0.415. The highest BCUT2D eigenvalue weighted by molar-refractivity contribution is 7.16. The fourth-order valence-electron chi connectivity index (χ4n) is 3.79. The van der Waals surface area contributed by atoms with Crippen molar-refractivity contribution in [2.75, 3.05) is 7.11 Å². The molecule has 0 unspecified atom stereocenters. The van der Waals surface area contributed by atoms with E-state index in [9.17, 15) is 0 Å². The molecule has 2 aromatic carbocycles. The molecule has 8 heteroatoms. The van der Waals surface area contributed by atoms with Crippen molar-refractivity contribution < 1.29 is 4.74 Å². The zero-order chi connectivity index (χ0) is 21.4. The van der Waals surface area contributed by atoms with Crippen LogP contribution in [-0.2, 0) is 12.8 Å². The first-order valence-corrected chi connectivity index (χ1v) is 10.9. The molecule has 0 saturated carbocycles. The number of hydrogen-bond acceptors (Lipinski definition) is 6. The molecule has 0 spiro atoms. The summed E-state index contributed by atoms with van der Waals surface area (Å²) < 4.78 is 9.17. The summed E-state index contributed by atoms with van der Waals surface area (Å²) >= 11 is 1.58. The molecule has 31 heavy (non-hydrogen) atoms. The molecular weight excluding hydrogens is 408 g/mol. The molecule has 3 heterocycles. The van der Waals surface area contributed by atoms with Crippen LogP contribution in [0.15, 0.2) is 54.6 Å². The largest absolute Gasteiger partial charge is 0.497 e.